The smallest absolute Gasteiger partial charge is 0.254 e. The number of hydrogen-bond acceptors (Lipinski definition) is 2. The van der Waals surface area contributed by atoms with E-state index in [4.69, 9.17) is 11.6 Å². The Kier molecular flexibility index (Phi) is 4.23. The highest BCUT2D eigenvalue weighted by molar-refractivity contribution is 6.30. The minimum atomic E-state index is -0.0755. The number of rotatable bonds is 2. The Hall–Kier alpha value is -1.55. The van der Waals surface area contributed by atoms with Crippen LogP contribution in [0.15, 0.2) is 24.3 Å². The summed E-state index contributed by atoms with van der Waals surface area (Å²) in [6, 6.07) is 7.11. The van der Waals surface area contributed by atoms with Crippen LogP contribution in [0.3, 0.4) is 0 Å². The maximum Gasteiger partial charge on any atom is 0.254 e. The van der Waals surface area contributed by atoms with E-state index in [1.807, 2.05) is 11.0 Å². The lowest BCUT2D eigenvalue weighted by Crippen LogP contribution is -2.58. The number of amides is 2. The maximum atomic E-state index is 13.4. The Morgan fingerprint density at radius 1 is 0.889 bits per heavy atom. The van der Waals surface area contributed by atoms with Gasteiger partial charge in [-0.3, -0.25) is 9.59 Å². The third-order valence-electron chi connectivity index (χ3n) is 7.42. The first-order valence-electron chi connectivity index (χ1n) is 10.4. The Morgan fingerprint density at radius 2 is 1.44 bits per heavy atom. The second kappa shape index (κ2) is 6.51. The number of halogens is 1. The van der Waals surface area contributed by atoms with Gasteiger partial charge in [0.1, 0.15) is 0 Å². The molecule has 0 radical (unpaired) electrons. The topological polar surface area (TPSA) is 40.6 Å². The van der Waals surface area contributed by atoms with E-state index >= 15 is 0 Å². The molecule has 5 aliphatic rings. The summed E-state index contributed by atoms with van der Waals surface area (Å²) >= 11 is 6.02. The minimum Gasteiger partial charge on any atom is -0.339 e. The van der Waals surface area contributed by atoms with E-state index < -0.39 is 0 Å². The van der Waals surface area contributed by atoms with Gasteiger partial charge in [0.25, 0.3) is 5.91 Å². The van der Waals surface area contributed by atoms with E-state index in [1.165, 1.54) is 19.3 Å². The number of benzene rings is 1. The molecule has 1 heterocycles. The molecule has 144 valence electrons. The van der Waals surface area contributed by atoms with Crippen molar-refractivity contribution in [1.82, 2.24) is 9.80 Å². The van der Waals surface area contributed by atoms with Crippen molar-refractivity contribution < 1.29 is 9.59 Å². The van der Waals surface area contributed by atoms with Gasteiger partial charge in [-0.25, -0.2) is 0 Å². The number of carbonyl (C=O) groups excluding carboxylic acids is 2. The largest absolute Gasteiger partial charge is 0.339 e. The van der Waals surface area contributed by atoms with Crippen molar-refractivity contribution in [2.45, 2.75) is 38.5 Å². The van der Waals surface area contributed by atoms with E-state index in [9.17, 15) is 9.59 Å². The Labute approximate surface area is 165 Å². The van der Waals surface area contributed by atoms with Crippen molar-refractivity contribution in [3.63, 3.8) is 0 Å². The molecule has 4 aliphatic carbocycles. The first-order chi connectivity index (χ1) is 13.0. The average molecular weight is 387 g/mol. The molecule has 4 bridgehead atoms. The number of carbonyl (C=O) groups is 2. The zero-order valence-electron chi connectivity index (χ0n) is 15.7. The van der Waals surface area contributed by atoms with Crippen molar-refractivity contribution in [2.75, 3.05) is 26.2 Å². The van der Waals surface area contributed by atoms with Crippen LogP contribution in [0, 0.1) is 23.2 Å². The molecule has 1 aromatic carbocycles. The Bertz CT molecular complexity index is 734. The predicted molar refractivity (Wildman–Crippen MR) is 105 cm³/mol. The van der Waals surface area contributed by atoms with Gasteiger partial charge in [-0.15, -0.1) is 0 Å². The fourth-order valence-corrected chi connectivity index (χ4v) is 6.81. The van der Waals surface area contributed by atoms with Gasteiger partial charge < -0.3 is 9.80 Å². The molecule has 1 aromatic rings. The summed E-state index contributed by atoms with van der Waals surface area (Å²) in [4.78, 5) is 30.1. The van der Waals surface area contributed by atoms with E-state index in [0.717, 1.165) is 37.0 Å². The fourth-order valence-electron chi connectivity index (χ4n) is 6.62. The summed E-state index contributed by atoms with van der Waals surface area (Å²) in [6.45, 7) is 2.55. The highest BCUT2D eigenvalue weighted by Gasteiger charge is 2.55. The molecular formula is C22H27ClN2O2. The van der Waals surface area contributed by atoms with Gasteiger partial charge in [-0.1, -0.05) is 17.7 Å². The molecule has 0 aromatic heterocycles. The van der Waals surface area contributed by atoms with Gasteiger partial charge in [0.2, 0.25) is 5.91 Å². The summed E-state index contributed by atoms with van der Waals surface area (Å²) in [5.74, 6) is 2.75. The summed E-state index contributed by atoms with van der Waals surface area (Å²) in [6.07, 6.45) is 7.40. The van der Waals surface area contributed by atoms with E-state index in [2.05, 4.69) is 4.90 Å². The summed E-state index contributed by atoms with van der Waals surface area (Å²) in [7, 11) is 0. The van der Waals surface area contributed by atoms with Crippen LogP contribution in [0.5, 0.6) is 0 Å². The molecule has 4 saturated carbocycles. The van der Waals surface area contributed by atoms with Gasteiger partial charge in [-0.2, -0.15) is 0 Å². The highest BCUT2D eigenvalue weighted by Crippen LogP contribution is 2.60. The lowest BCUT2D eigenvalue weighted by molar-refractivity contribution is -0.159. The van der Waals surface area contributed by atoms with Gasteiger partial charge in [0, 0.05) is 36.8 Å². The van der Waals surface area contributed by atoms with Crippen LogP contribution < -0.4 is 0 Å². The minimum absolute atomic E-state index is 0.0133. The van der Waals surface area contributed by atoms with Crippen LogP contribution in [0.2, 0.25) is 5.02 Å². The second-order valence-electron chi connectivity index (χ2n) is 9.29. The zero-order valence-corrected chi connectivity index (χ0v) is 16.5. The molecule has 0 N–H and O–H groups in total. The van der Waals surface area contributed by atoms with Crippen LogP contribution in [-0.4, -0.2) is 47.8 Å². The zero-order chi connectivity index (χ0) is 18.6. The van der Waals surface area contributed by atoms with Gasteiger partial charge >= 0.3 is 0 Å². The van der Waals surface area contributed by atoms with Gasteiger partial charge in [0.15, 0.2) is 0 Å². The number of nitrogens with zero attached hydrogens (tertiary/aromatic N) is 2. The molecule has 2 amide bonds. The molecule has 0 spiro atoms. The molecule has 0 unspecified atom stereocenters. The normalized spacial score (nSPS) is 34.8. The Balaban J connectivity index is 1.24. The summed E-state index contributed by atoms with van der Waals surface area (Å²) in [5, 5.41) is 0.580. The number of hydrogen-bond donors (Lipinski definition) is 0. The van der Waals surface area contributed by atoms with Crippen LogP contribution in [0.1, 0.15) is 48.9 Å². The molecule has 1 aliphatic heterocycles. The maximum absolute atomic E-state index is 13.4. The van der Waals surface area contributed by atoms with Crippen molar-refractivity contribution in [1.29, 1.82) is 0 Å². The first-order valence-corrected chi connectivity index (χ1v) is 10.7. The van der Waals surface area contributed by atoms with Crippen LogP contribution in [0.25, 0.3) is 0 Å². The lowest BCUT2D eigenvalue weighted by atomic mass is 9.49. The molecule has 5 heteroatoms. The monoisotopic (exact) mass is 386 g/mol. The van der Waals surface area contributed by atoms with Gasteiger partial charge in [0.05, 0.1) is 5.41 Å². The molecule has 5 fully saturated rings. The fraction of sp³-hybridized carbons (Fsp3) is 0.636. The first kappa shape index (κ1) is 17.5. The molecule has 27 heavy (non-hydrogen) atoms. The van der Waals surface area contributed by atoms with E-state index in [-0.39, 0.29) is 11.3 Å². The molecule has 6 rings (SSSR count). The SMILES string of the molecule is O=C(c1cccc(Cl)c1)N1CCN(C(=O)C23CC4CC(CC(C4)C2)C3)CC1. The molecular weight excluding hydrogens is 360 g/mol. The molecule has 0 atom stereocenters. The van der Waals surface area contributed by atoms with Gasteiger partial charge in [-0.05, 0) is 74.5 Å². The third kappa shape index (κ3) is 3.06. The van der Waals surface area contributed by atoms with E-state index in [0.29, 0.717) is 42.7 Å². The lowest BCUT2D eigenvalue weighted by Gasteiger charge is -2.57. The molecule has 4 nitrogen and oxygen atoms in total. The van der Waals surface area contributed by atoms with Crippen LogP contribution in [0.4, 0.5) is 0 Å². The average Bonchev–Trinajstić information content (AvgIpc) is 2.66. The van der Waals surface area contributed by atoms with Crippen molar-refractivity contribution in [2.24, 2.45) is 23.2 Å². The highest BCUT2D eigenvalue weighted by atomic mass is 35.5. The standard InChI is InChI=1S/C22H27ClN2O2/c23-19-3-1-2-18(11-19)20(26)24-4-6-25(7-5-24)21(27)22-12-15-8-16(13-22)10-17(9-15)14-22/h1-3,11,15-17H,4-10,12-14H2. The second-order valence-corrected chi connectivity index (χ2v) is 9.73. The summed E-state index contributed by atoms with van der Waals surface area (Å²) < 4.78 is 0. The van der Waals surface area contributed by atoms with Crippen molar-refractivity contribution in [3.05, 3.63) is 34.9 Å². The number of piperazine rings is 1. The van der Waals surface area contributed by atoms with Crippen molar-refractivity contribution >= 4 is 23.4 Å². The summed E-state index contributed by atoms with van der Waals surface area (Å²) in [5.41, 5.74) is 0.553. The molecule has 1 saturated heterocycles. The Morgan fingerprint density at radius 3 is 2.00 bits per heavy atom. The van der Waals surface area contributed by atoms with E-state index in [1.54, 1.807) is 18.2 Å². The quantitative estimate of drug-likeness (QED) is 0.774. The third-order valence-corrected chi connectivity index (χ3v) is 7.65. The van der Waals surface area contributed by atoms with Crippen LogP contribution >= 0.6 is 11.6 Å². The van der Waals surface area contributed by atoms with Crippen molar-refractivity contribution in [3.8, 4) is 0 Å². The van der Waals surface area contributed by atoms with Crippen LogP contribution in [-0.2, 0) is 4.79 Å². The predicted octanol–water partition coefficient (Wildman–Crippen LogP) is 3.84.